The van der Waals surface area contributed by atoms with Crippen LogP contribution in [0.25, 0.3) is 0 Å². The van der Waals surface area contributed by atoms with Gasteiger partial charge in [-0.1, -0.05) is 6.07 Å². The normalized spacial score (nSPS) is 11.0. The molecule has 0 amide bonds. The molecule has 0 bridgehead atoms. The number of ether oxygens (including phenoxy) is 1. The molecule has 0 N–H and O–H groups in total. The minimum absolute atomic E-state index is 0.115. The highest BCUT2D eigenvalue weighted by molar-refractivity contribution is 7.92. The monoisotopic (exact) mass is 378 g/mol. The van der Waals surface area contributed by atoms with E-state index in [2.05, 4.69) is 0 Å². The van der Waals surface area contributed by atoms with Gasteiger partial charge in [0.2, 0.25) is 0 Å². The van der Waals surface area contributed by atoms with E-state index in [9.17, 15) is 23.3 Å². The summed E-state index contributed by atoms with van der Waals surface area (Å²) < 4.78 is 31.7. The van der Waals surface area contributed by atoms with Crippen LogP contribution in [0.4, 0.5) is 11.4 Å². The first-order valence-corrected chi connectivity index (χ1v) is 9.29. The van der Waals surface area contributed by atoms with Gasteiger partial charge in [0.05, 0.1) is 27.7 Å². The van der Waals surface area contributed by atoms with E-state index in [0.29, 0.717) is 11.3 Å². The smallest absolute Gasteiger partial charge is 0.338 e. The number of carbonyl (C=O) groups is 1. The van der Waals surface area contributed by atoms with Crippen molar-refractivity contribution in [3.05, 3.63) is 64.2 Å². The molecule has 0 spiro atoms. The van der Waals surface area contributed by atoms with E-state index in [-0.39, 0.29) is 23.7 Å². The first-order valence-electron chi connectivity index (χ1n) is 7.85. The van der Waals surface area contributed by atoms with Gasteiger partial charge < -0.3 is 4.74 Å². The van der Waals surface area contributed by atoms with Crippen molar-refractivity contribution in [3.8, 4) is 0 Å². The standard InChI is InChI=1S/C17H18N2O6S/c1-3-18(14-10-8-13(9-11-14)17(20)25-4-2)26(23,24)16-7-5-6-15(12-16)19(21)22/h5-12H,3-4H2,1-2H3. The van der Waals surface area contributed by atoms with Crippen LogP contribution in [-0.4, -0.2) is 32.5 Å². The number of esters is 1. The number of hydrogen-bond acceptors (Lipinski definition) is 6. The average molecular weight is 378 g/mol. The third-order valence-corrected chi connectivity index (χ3v) is 5.47. The number of non-ortho nitro benzene ring substituents is 1. The SMILES string of the molecule is CCOC(=O)c1ccc(N(CC)S(=O)(=O)c2cccc([N+](=O)[O-])c2)cc1. The van der Waals surface area contributed by atoms with Gasteiger partial charge in [0.25, 0.3) is 15.7 Å². The molecule has 26 heavy (non-hydrogen) atoms. The molecule has 0 unspecified atom stereocenters. The summed E-state index contributed by atoms with van der Waals surface area (Å²) in [4.78, 5) is 21.8. The van der Waals surface area contributed by atoms with E-state index in [0.717, 1.165) is 10.4 Å². The molecule has 0 fully saturated rings. The Kier molecular flexibility index (Phi) is 5.93. The summed E-state index contributed by atoms with van der Waals surface area (Å²) in [6.45, 7) is 3.69. The molecule has 0 saturated carbocycles. The Morgan fingerprint density at radius 3 is 2.35 bits per heavy atom. The fourth-order valence-corrected chi connectivity index (χ4v) is 3.87. The predicted molar refractivity (Wildman–Crippen MR) is 95.7 cm³/mol. The summed E-state index contributed by atoms with van der Waals surface area (Å²) in [5, 5.41) is 10.9. The molecule has 138 valence electrons. The zero-order valence-electron chi connectivity index (χ0n) is 14.3. The molecule has 0 aliphatic carbocycles. The van der Waals surface area contributed by atoms with Gasteiger partial charge in [0, 0.05) is 18.7 Å². The second kappa shape index (κ2) is 7.96. The first kappa shape index (κ1) is 19.4. The molecule has 0 aliphatic rings. The summed E-state index contributed by atoms with van der Waals surface area (Å²) in [6.07, 6.45) is 0. The Morgan fingerprint density at radius 2 is 1.81 bits per heavy atom. The molecular formula is C17H18N2O6S. The summed E-state index contributed by atoms with van der Waals surface area (Å²) >= 11 is 0. The molecular weight excluding hydrogens is 360 g/mol. The molecule has 0 atom stereocenters. The van der Waals surface area contributed by atoms with Gasteiger partial charge >= 0.3 is 5.97 Å². The number of hydrogen-bond donors (Lipinski definition) is 0. The topological polar surface area (TPSA) is 107 Å². The zero-order valence-corrected chi connectivity index (χ0v) is 15.1. The number of nitro benzene ring substituents is 1. The van der Waals surface area contributed by atoms with Crippen molar-refractivity contribution in [1.82, 2.24) is 0 Å². The maximum atomic E-state index is 12.9. The first-order chi connectivity index (χ1) is 12.3. The van der Waals surface area contributed by atoms with Crippen LogP contribution in [0.1, 0.15) is 24.2 Å². The highest BCUT2D eigenvalue weighted by Crippen LogP contribution is 2.26. The molecule has 0 saturated heterocycles. The van der Waals surface area contributed by atoms with Gasteiger partial charge in [-0.25, -0.2) is 13.2 Å². The lowest BCUT2D eigenvalue weighted by Gasteiger charge is -2.23. The van der Waals surface area contributed by atoms with Gasteiger partial charge in [-0.15, -0.1) is 0 Å². The largest absolute Gasteiger partial charge is 0.462 e. The lowest BCUT2D eigenvalue weighted by molar-refractivity contribution is -0.385. The van der Waals surface area contributed by atoms with Gasteiger partial charge in [-0.05, 0) is 44.2 Å². The van der Waals surface area contributed by atoms with Crippen molar-refractivity contribution < 1.29 is 22.9 Å². The number of nitro groups is 1. The molecule has 0 radical (unpaired) electrons. The third kappa shape index (κ3) is 3.99. The van der Waals surface area contributed by atoms with Gasteiger partial charge in [0.15, 0.2) is 0 Å². The molecule has 8 nitrogen and oxygen atoms in total. The van der Waals surface area contributed by atoms with Crippen molar-refractivity contribution in [2.75, 3.05) is 17.5 Å². The number of sulfonamides is 1. The van der Waals surface area contributed by atoms with Crippen LogP contribution < -0.4 is 4.31 Å². The van der Waals surface area contributed by atoms with Crippen molar-refractivity contribution in [1.29, 1.82) is 0 Å². The van der Waals surface area contributed by atoms with Crippen LogP contribution in [0, 0.1) is 10.1 Å². The summed E-state index contributed by atoms with van der Waals surface area (Å²) in [6, 6.07) is 10.8. The lowest BCUT2D eigenvalue weighted by Crippen LogP contribution is -2.30. The van der Waals surface area contributed by atoms with E-state index in [4.69, 9.17) is 4.74 Å². The van der Waals surface area contributed by atoms with E-state index in [1.54, 1.807) is 13.8 Å². The number of benzene rings is 2. The number of rotatable bonds is 7. The summed E-state index contributed by atoms with van der Waals surface area (Å²) in [7, 11) is -3.99. The van der Waals surface area contributed by atoms with E-state index < -0.39 is 20.9 Å². The van der Waals surface area contributed by atoms with Crippen molar-refractivity contribution in [2.45, 2.75) is 18.7 Å². The second-order valence-electron chi connectivity index (χ2n) is 5.19. The van der Waals surface area contributed by atoms with Crippen LogP contribution in [0.15, 0.2) is 53.4 Å². The average Bonchev–Trinajstić information content (AvgIpc) is 2.63. The van der Waals surface area contributed by atoms with Gasteiger partial charge in [-0.3, -0.25) is 14.4 Å². The highest BCUT2D eigenvalue weighted by atomic mass is 32.2. The minimum atomic E-state index is -3.99. The number of carbonyl (C=O) groups excluding carboxylic acids is 1. The van der Waals surface area contributed by atoms with Crippen LogP contribution in [0.5, 0.6) is 0 Å². The van der Waals surface area contributed by atoms with Crippen molar-refractivity contribution in [3.63, 3.8) is 0 Å². The quantitative estimate of drug-likeness (QED) is 0.416. The lowest BCUT2D eigenvalue weighted by atomic mass is 10.2. The van der Waals surface area contributed by atoms with Crippen molar-refractivity contribution in [2.24, 2.45) is 0 Å². The molecule has 2 aromatic carbocycles. The van der Waals surface area contributed by atoms with E-state index in [1.165, 1.54) is 42.5 Å². The summed E-state index contributed by atoms with van der Waals surface area (Å²) in [5.74, 6) is -0.497. The molecule has 2 aromatic rings. The number of anilines is 1. The van der Waals surface area contributed by atoms with Crippen LogP contribution >= 0.6 is 0 Å². The Labute approximate surface area is 151 Å². The Balaban J connectivity index is 2.39. The molecule has 0 aliphatic heterocycles. The highest BCUT2D eigenvalue weighted by Gasteiger charge is 2.25. The van der Waals surface area contributed by atoms with Crippen molar-refractivity contribution >= 4 is 27.4 Å². The third-order valence-electron chi connectivity index (χ3n) is 3.57. The van der Waals surface area contributed by atoms with Gasteiger partial charge in [-0.2, -0.15) is 0 Å². The van der Waals surface area contributed by atoms with E-state index >= 15 is 0 Å². The fourth-order valence-electron chi connectivity index (χ4n) is 2.35. The molecule has 2 rings (SSSR count). The fraction of sp³-hybridized carbons (Fsp3) is 0.235. The molecule has 0 aromatic heterocycles. The van der Waals surface area contributed by atoms with E-state index in [1.807, 2.05) is 0 Å². The maximum absolute atomic E-state index is 12.9. The minimum Gasteiger partial charge on any atom is -0.462 e. The number of nitrogens with zero attached hydrogens (tertiary/aromatic N) is 2. The van der Waals surface area contributed by atoms with Crippen LogP contribution in [0.3, 0.4) is 0 Å². The Hall–Kier alpha value is -2.94. The van der Waals surface area contributed by atoms with Crippen LogP contribution in [-0.2, 0) is 14.8 Å². The summed E-state index contributed by atoms with van der Waals surface area (Å²) in [5.41, 5.74) is 0.339. The Bertz CT molecular complexity index is 909. The molecule has 0 heterocycles. The zero-order chi connectivity index (χ0) is 19.3. The predicted octanol–water partition coefficient (Wildman–Crippen LogP) is 2.99. The second-order valence-corrected chi connectivity index (χ2v) is 7.05. The van der Waals surface area contributed by atoms with Gasteiger partial charge in [0.1, 0.15) is 0 Å². The Morgan fingerprint density at radius 1 is 1.15 bits per heavy atom. The molecule has 9 heteroatoms. The van der Waals surface area contributed by atoms with Crippen LogP contribution in [0.2, 0.25) is 0 Å². The maximum Gasteiger partial charge on any atom is 0.338 e.